The van der Waals surface area contributed by atoms with Crippen LogP contribution in [0.1, 0.15) is 12.8 Å². The second-order valence-corrected chi connectivity index (χ2v) is 1.45. The molecule has 0 aromatic heterocycles. The van der Waals surface area contributed by atoms with Crippen LogP contribution >= 0.6 is 19.4 Å². The van der Waals surface area contributed by atoms with Crippen LogP contribution in [0.25, 0.3) is 0 Å². The minimum absolute atomic E-state index is 0. The van der Waals surface area contributed by atoms with Crippen molar-refractivity contribution in [3.05, 3.63) is 14.4 Å². The minimum atomic E-state index is 0. The maximum atomic E-state index is 4.48. The van der Waals surface area contributed by atoms with Gasteiger partial charge in [-0.15, -0.1) is 0 Å². The summed E-state index contributed by atoms with van der Waals surface area (Å²) in [6.07, 6.45) is 2.02. The van der Waals surface area contributed by atoms with Crippen molar-refractivity contribution in [1.29, 1.82) is 0 Å². The zero-order chi connectivity index (χ0) is 5.54. The summed E-state index contributed by atoms with van der Waals surface area (Å²) in [6.45, 7) is 4.54. The molecule has 0 saturated heterocycles. The normalized spacial score (nSPS) is 6.60. The van der Waals surface area contributed by atoms with Gasteiger partial charge < -0.3 is 24.2 Å². The molecule has 0 bridgehead atoms. The molecule has 0 spiro atoms. The third-order valence-corrected chi connectivity index (χ3v) is 0.779. The maximum Gasteiger partial charge on any atom is 1.00 e. The molecule has 0 aromatic carbocycles. The van der Waals surface area contributed by atoms with Crippen LogP contribution in [0.4, 0.5) is 0 Å². The first-order valence-corrected chi connectivity index (χ1v) is 2.76. The largest absolute Gasteiger partial charge is 1.00 e. The Labute approximate surface area is 113 Å². The molecule has 0 aliphatic carbocycles. The molecule has 1 atom stereocenters. The minimum Gasteiger partial charge on any atom is -0.577 e. The van der Waals surface area contributed by atoms with Crippen LogP contribution in [-0.2, 0) is 4.62 Å². The molecule has 5 heteroatoms. The molecule has 0 fully saturated rings. The topological polar surface area (TPSA) is 21.3 Å². The summed E-state index contributed by atoms with van der Waals surface area (Å²) in [5, 5.41) is 0. The monoisotopic (exact) mass is 207 g/mol. The van der Waals surface area contributed by atoms with Crippen molar-refractivity contribution in [3.8, 4) is 0 Å². The summed E-state index contributed by atoms with van der Waals surface area (Å²) < 4.78 is 4.48. The standard InChI is InChI=1S/C4H11NOP.CH3.K.H2P/c1-2-3-4-5-6-7;;;/h5H,1-4,7H2;1H3;;1H2/q2*-1;+1;-1. The van der Waals surface area contributed by atoms with Crippen molar-refractivity contribution in [2.75, 3.05) is 6.54 Å². The van der Waals surface area contributed by atoms with E-state index in [0.29, 0.717) is 0 Å². The molecule has 0 aliphatic rings. The first kappa shape index (κ1) is 22.8. The van der Waals surface area contributed by atoms with E-state index < -0.39 is 0 Å². The Hall–Kier alpha value is 2.42. The molecule has 1 N–H and O–H groups in total. The average Bonchev–Trinajstić information content (AvgIpc) is 1.69. The van der Waals surface area contributed by atoms with Crippen LogP contribution in [0.15, 0.2) is 0 Å². The summed E-state index contributed by atoms with van der Waals surface area (Å²) >= 11 is 0. The zero-order valence-corrected chi connectivity index (χ0v) is 12.3. The zero-order valence-electron chi connectivity index (χ0n) is 6.89. The Balaban J connectivity index is -0.0000000600. The van der Waals surface area contributed by atoms with Crippen LogP contribution < -0.4 is 56.9 Å². The summed E-state index contributed by atoms with van der Waals surface area (Å²) in [4.78, 5) is 0. The smallest absolute Gasteiger partial charge is 0.577 e. The number of unbranched alkanes of at least 4 members (excludes halogenated alkanes) is 1. The van der Waals surface area contributed by atoms with Gasteiger partial charge in [0.2, 0.25) is 0 Å². The van der Waals surface area contributed by atoms with Crippen LogP contribution in [-0.4, -0.2) is 6.54 Å². The van der Waals surface area contributed by atoms with Gasteiger partial charge in [0.05, 0.1) is 0 Å². The van der Waals surface area contributed by atoms with E-state index in [9.17, 15) is 0 Å². The molecule has 0 aliphatic heterocycles. The van der Waals surface area contributed by atoms with Gasteiger partial charge in [0.25, 0.3) is 0 Å². The van der Waals surface area contributed by atoms with Gasteiger partial charge in [-0.05, 0) is 0 Å². The molecule has 1 unspecified atom stereocenters. The molecule has 0 aromatic rings. The molecule has 0 rings (SSSR count). The number of hydroxylamine groups is 1. The van der Waals surface area contributed by atoms with Crippen LogP contribution in [0.5, 0.6) is 0 Å². The molecule has 0 radical (unpaired) electrons. The molecular formula is C5H16KNOP2-2. The van der Waals surface area contributed by atoms with Crippen molar-refractivity contribution in [2.45, 2.75) is 12.8 Å². The van der Waals surface area contributed by atoms with Gasteiger partial charge in [-0.25, -0.2) is 0 Å². The SMILES string of the molecule is [CH2-]CCCNOP.[CH3-].[K+].[PH2-]. The first-order chi connectivity index (χ1) is 3.41. The fourth-order valence-corrected chi connectivity index (χ4v) is 0.374. The number of hydrogen-bond acceptors (Lipinski definition) is 2. The van der Waals surface area contributed by atoms with Gasteiger partial charge in [0.1, 0.15) is 0 Å². The Morgan fingerprint density at radius 2 is 2.00 bits per heavy atom. The number of hydrogen-bond donors (Lipinski definition) is 1. The molecule has 60 valence electrons. The van der Waals surface area contributed by atoms with Crippen LogP contribution in [0.2, 0.25) is 0 Å². The van der Waals surface area contributed by atoms with Gasteiger partial charge in [0, 0.05) is 16.0 Å². The van der Waals surface area contributed by atoms with Gasteiger partial charge in [-0.3, -0.25) is 4.62 Å². The summed E-state index contributed by atoms with van der Waals surface area (Å²) in [5.74, 6) is 0. The van der Waals surface area contributed by atoms with E-state index in [1.807, 2.05) is 0 Å². The summed E-state index contributed by atoms with van der Waals surface area (Å²) in [7, 11) is 2.12. The third kappa shape index (κ3) is 22.4. The van der Waals surface area contributed by atoms with E-state index >= 15 is 0 Å². The van der Waals surface area contributed by atoms with Crippen molar-refractivity contribution in [3.63, 3.8) is 0 Å². The predicted molar refractivity (Wildman–Crippen MR) is 49.5 cm³/mol. The molecule has 10 heavy (non-hydrogen) atoms. The Morgan fingerprint density at radius 1 is 1.50 bits per heavy atom. The summed E-state index contributed by atoms with van der Waals surface area (Å²) in [5.41, 5.74) is 2.67. The van der Waals surface area contributed by atoms with Gasteiger partial charge in [0.15, 0.2) is 0 Å². The second-order valence-electron chi connectivity index (χ2n) is 1.22. The molecule has 0 heterocycles. The van der Waals surface area contributed by atoms with Crippen molar-refractivity contribution in [2.24, 2.45) is 0 Å². The Bertz CT molecular complexity index is 38.8. The third-order valence-electron chi connectivity index (χ3n) is 0.612. The molecule has 0 amide bonds. The molecular weight excluding hydrogens is 191 g/mol. The van der Waals surface area contributed by atoms with E-state index in [4.69, 9.17) is 0 Å². The maximum absolute atomic E-state index is 4.48. The van der Waals surface area contributed by atoms with E-state index in [0.717, 1.165) is 19.4 Å². The van der Waals surface area contributed by atoms with Gasteiger partial charge in [-0.2, -0.15) is 11.9 Å². The van der Waals surface area contributed by atoms with Crippen molar-refractivity contribution >= 4 is 19.4 Å². The van der Waals surface area contributed by atoms with E-state index in [2.05, 4.69) is 26.5 Å². The van der Waals surface area contributed by atoms with E-state index in [1.54, 1.807) is 0 Å². The summed E-state index contributed by atoms with van der Waals surface area (Å²) in [6, 6.07) is 0. The average molecular weight is 207 g/mol. The Morgan fingerprint density at radius 3 is 2.30 bits per heavy atom. The number of nitrogens with one attached hydrogen (secondary N) is 1. The number of rotatable bonds is 4. The van der Waals surface area contributed by atoms with Gasteiger partial charge in [-0.1, -0.05) is 6.42 Å². The van der Waals surface area contributed by atoms with Crippen molar-refractivity contribution < 1.29 is 56.0 Å². The first-order valence-electron chi connectivity index (χ1n) is 2.29. The molecule has 2 nitrogen and oxygen atoms in total. The second kappa shape index (κ2) is 22.5. The van der Waals surface area contributed by atoms with Crippen molar-refractivity contribution in [1.82, 2.24) is 5.48 Å². The predicted octanol–water partition coefficient (Wildman–Crippen LogP) is -1.31. The fourth-order valence-electron chi connectivity index (χ4n) is 0.256. The quantitative estimate of drug-likeness (QED) is 0.203. The van der Waals surface area contributed by atoms with Crippen LogP contribution in [0.3, 0.4) is 0 Å². The van der Waals surface area contributed by atoms with E-state index in [-0.39, 0.29) is 68.7 Å². The van der Waals surface area contributed by atoms with E-state index in [1.165, 1.54) is 0 Å². The fraction of sp³-hybridized carbons (Fsp3) is 0.600. The Kier molecular flexibility index (Phi) is 51.4. The van der Waals surface area contributed by atoms with Gasteiger partial charge >= 0.3 is 51.4 Å². The molecule has 0 saturated carbocycles. The van der Waals surface area contributed by atoms with Crippen LogP contribution in [0, 0.1) is 14.4 Å².